The van der Waals surface area contributed by atoms with Gasteiger partial charge in [-0.2, -0.15) is 10.2 Å². The van der Waals surface area contributed by atoms with Crippen molar-refractivity contribution < 1.29 is 9.53 Å². The lowest BCUT2D eigenvalue weighted by Gasteiger charge is -2.42. The van der Waals surface area contributed by atoms with E-state index in [9.17, 15) is 4.79 Å². The molecule has 6 rings (SSSR count). The van der Waals surface area contributed by atoms with Crippen LogP contribution in [-0.4, -0.2) is 50.5 Å². The van der Waals surface area contributed by atoms with Crippen molar-refractivity contribution in [2.24, 2.45) is 0 Å². The van der Waals surface area contributed by atoms with Crippen molar-refractivity contribution in [3.8, 4) is 5.69 Å². The van der Waals surface area contributed by atoms with Crippen LogP contribution in [0.4, 0.5) is 0 Å². The van der Waals surface area contributed by atoms with Gasteiger partial charge in [-0.1, -0.05) is 18.2 Å². The molecule has 0 bridgehead atoms. The molecule has 7 heteroatoms. The second-order valence-electron chi connectivity index (χ2n) is 8.55. The Kier molecular flexibility index (Phi) is 4.06. The van der Waals surface area contributed by atoms with Crippen molar-refractivity contribution in [3.63, 3.8) is 0 Å². The van der Waals surface area contributed by atoms with Gasteiger partial charge in [-0.25, -0.2) is 4.68 Å². The average molecular weight is 403 g/mol. The molecule has 1 aliphatic carbocycles. The predicted molar refractivity (Wildman–Crippen MR) is 111 cm³/mol. The van der Waals surface area contributed by atoms with E-state index in [2.05, 4.69) is 28.5 Å². The lowest BCUT2D eigenvalue weighted by molar-refractivity contribution is -0.0963. The van der Waals surface area contributed by atoms with Crippen molar-refractivity contribution in [2.45, 2.75) is 44.1 Å². The van der Waals surface area contributed by atoms with Crippen LogP contribution in [0, 0.1) is 0 Å². The SMILES string of the molecule is O=C(c1n[nH]c2c1CCC2)N1CCC2(CC1)OCCc1cn(-c3ccccc3)nc12. The number of nitrogens with one attached hydrogen (secondary N) is 1. The molecule has 4 heterocycles. The maximum Gasteiger partial charge on any atom is 0.274 e. The second kappa shape index (κ2) is 6.80. The number of rotatable bonds is 2. The number of hydrogen-bond acceptors (Lipinski definition) is 4. The number of hydrogen-bond donors (Lipinski definition) is 1. The Labute approximate surface area is 175 Å². The Morgan fingerprint density at radius 2 is 1.93 bits per heavy atom. The summed E-state index contributed by atoms with van der Waals surface area (Å²) in [5, 5.41) is 12.3. The van der Waals surface area contributed by atoms with Gasteiger partial charge in [0.25, 0.3) is 5.91 Å². The number of aryl methyl sites for hydroxylation is 1. The topological polar surface area (TPSA) is 76.0 Å². The summed E-state index contributed by atoms with van der Waals surface area (Å²) in [7, 11) is 0. The first-order valence-corrected chi connectivity index (χ1v) is 10.9. The Balaban J connectivity index is 1.24. The minimum Gasteiger partial charge on any atom is -0.368 e. The summed E-state index contributed by atoms with van der Waals surface area (Å²) >= 11 is 0. The number of H-pyrrole nitrogens is 1. The van der Waals surface area contributed by atoms with Crippen LogP contribution in [0.2, 0.25) is 0 Å². The third kappa shape index (κ3) is 2.72. The van der Waals surface area contributed by atoms with Crippen LogP contribution in [0.3, 0.4) is 0 Å². The van der Waals surface area contributed by atoms with Crippen LogP contribution in [0.5, 0.6) is 0 Å². The molecule has 30 heavy (non-hydrogen) atoms. The van der Waals surface area contributed by atoms with Crippen LogP contribution >= 0.6 is 0 Å². The summed E-state index contributed by atoms with van der Waals surface area (Å²) in [5.74, 6) is 0.0510. The number of benzene rings is 1. The summed E-state index contributed by atoms with van der Waals surface area (Å²) in [4.78, 5) is 15.0. The predicted octanol–water partition coefficient (Wildman–Crippen LogP) is 2.79. The van der Waals surface area contributed by atoms with E-state index in [1.807, 2.05) is 27.8 Å². The van der Waals surface area contributed by atoms with Gasteiger partial charge in [0.1, 0.15) is 5.60 Å². The zero-order valence-electron chi connectivity index (χ0n) is 16.9. The zero-order valence-corrected chi connectivity index (χ0v) is 16.9. The first kappa shape index (κ1) is 17.9. The van der Waals surface area contributed by atoms with Crippen molar-refractivity contribution >= 4 is 5.91 Å². The first-order chi connectivity index (χ1) is 14.7. The van der Waals surface area contributed by atoms with Crippen LogP contribution in [0.1, 0.15) is 52.3 Å². The molecule has 0 atom stereocenters. The molecule has 1 N–H and O–H groups in total. The van der Waals surface area contributed by atoms with Gasteiger partial charge < -0.3 is 9.64 Å². The number of fused-ring (bicyclic) bond motifs is 3. The lowest BCUT2D eigenvalue weighted by Crippen LogP contribution is -2.48. The number of likely N-dealkylation sites (tertiary alicyclic amines) is 1. The molecule has 1 saturated heterocycles. The molecule has 0 radical (unpaired) electrons. The van der Waals surface area contributed by atoms with E-state index in [4.69, 9.17) is 9.84 Å². The van der Waals surface area contributed by atoms with E-state index in [0.29, 0.717) is 25.4 Å². The number of ether oxygens (including phenoxy) is 1. The third-order valence-corrected chi connectivity index (χ3v) is 6.86. The number of para-hydroxylation sites is 1. The average Bonchev–Trinajstić information content (AvgIpc) is 3.51. The number of aromatic amines is 1. The monoisotopic (exact) mass is 403 g/mol. The summed E-state index contributed by atoms with van der Waals surface area (Å²) in [6.07, 6.45) is 7.61. The van der Waals surface area contributed by atoms with Gasteiger partial charge in [0.05, 0.1) is 18.0 Å². The maximum atomic E-state index is 13.1. The highest BCUT2D eigenvalue weighted by atomic mass is 16.5. The van der Waals surface area contributed by atoms with Crippen molar-refractivity contribution in [2.75, 3.05) is 19.7 Å². The maximum absolute atomic E-state index is 13.1. The Morgan fingerprint density at radius 3 is 2.77 bits per heavy atom. The van der Waals surface area contributed by atoms with Gasteiger partial charge in [-0.15, -0.1) is 0 Å². The molecule has 1 amide bonds. The molecule has 7 nitrogen and oxygen atoms in total. The number of carbonyl (C=O) groups is 1. The van der Waals surface area contributed by atoms with Gasteiger partial charge in [-0.3, -0.25) is 9.89 Å². The number of aromatic nitrogens is 4. The summed E-state index contributed by atoms with van der Waals surface area (Å²) in [5.41, 5.74) is 5.86. The van der Waals surface area contributed by atoms with E-state index in [1.165, 1.54) is 5.56 Å². The molecule has 0 unspecified atom stereocenters. The molecule has 1 aromatic carbocycles. The van der Waals surface area contributed by atoms with Crippen LogP contribution in [-0.2, 0) is 29.6 Å². The highest BCUT2D eigenvalue weighted by molar-refractivity contribution is 5.94. The fourth-order valence-electron chi connectivity index (χ4n) is 5.21. The third-order valence-electron chi connectivity index (χ3n) is 6.86. The largest absolute Gasteiger partial charge is 0.368 e. The van der Waals surface area contributed by atoms with E-state index in [0.717, 1.165) is 61.2 Å². The van der Waals surface area contributed by atoms with Gasteiger partial charge in [0.15, 0.2) is 5.69 Å². The van der Waals surface area contributed by atoms with Crippen molar-refractivity contribution in [1.29, 1.82) is 0 Å². The summed E-state index contributed by atoms with van der Waals surface area (Å²) in [6.45, 7) is 2.03. The minimum absolute atomic E-state index is 0.0510. The number of carbonyl (C=O) groups excluding carboxylic acids is 1. The molecular formula is C23H25N5O2. The summed E-state index contributed by atoms with van der Waals surface area (Å²) in [6, 6.07) is 10.2. The lowest BCUT2D eigenvalue weighted by atomic mass is 9.83. The van der Waals surface area contributed by atoms with Crippen LogP contribution in [0.25, 0.3) is 5.69 Å². The molecule has 2 aromatic heterocycles. The molecule has 3 aliphatic rings. The van der Waals surface area contributed by atoms with Crippen LogP contribution in [0.15, 0.2) is 36.5 Å². The zero-order chi connectivity index (χ0) is 20.1. The number of nitrogens with zero attached hydrogens (tertiary/aromatic N) is 4. The quantitative estimate of drug-likeness (QED) is 0.714. The van der Waals surface area contributed by atoms with Crippen molar-refractivity contribution in [1.82, 2.24) is 24.9 Å². The number of piperidine rings is 1. The standard InChI is InChI=1S/C23H25N5O2/c29-22(20-18-7-4-8-19(18)24-25-20)27-12-10-23(11-13-27)21-16(9-14-30-23)15-28(26-21)17-5-2-1-3-6-17/h1-3,5-6,15H,4,7-14H2,(H,24,25). The van der Waals surface area contributed by atoms with Gasteiger partial charge in [0.2, 0.25) is 0 Å². The van der Waals surface area contributed by atoms with E-state index in [1.54, 1.807) is 0 Å². The first-order valence-electron chi connectivity index (χ1n) is 10.9. The highest BCUT2D eigenvalue weighted by Gasteiger charge is 2.44. The van der Waals surface area contributed by atoms with E-state index < -0.39 is 5.60 Å². The molecule has 1 fully saturated rings. The van der Waals surface area contributed by atoms with Crippen molar-refractivity contribution in [3.05, 3.63) is 64.7 Å². The van der Waals surface area contributed by atoms with Gasteiger partial charge in [-0.05, 0) is 56.2 Å². The van der Waals surface area contributed by atoms with E-state index in [-0.39, 0.29) is 5.91 Å². The Bertz CT molecular complexity index is 1090. The second-order valence-corrected chi connectivity index (χ2v) is 8.55. The Hall–Kier alpha value is -2.93. The summed E-state index contributed by atoms with van der Waals surface area (Å²) < 4.78 is 8.30. The number of amides is 1. The Morgan fingerprint density at radius 1 is 1.10 bits per heavy atom. The molecule has 1 spiro atoms. The highest BCUT2D eigenvalue weighted by Crippen LogP contribution is 2.41. The van der Waals surface area contributed by atoms with Gasteiger partial charge in [0, 0.05) is 30.5 Å². The smallest absolute Gasteiger partial charge is 0.274 e. The normalized spacial score (nSPS) is 19.7. The van der Waals surface area contributed by atoms with Gasteiger partial charge >= 0.3 is 0 Å². The van der Waals surface area contributed by atoms with Crippen LogP contribution < -0.4 is 0 Å². The fourth-order valence-corrected chi connectivity index (χ4v) is 5.21. The molecule has 3 aromatic rings. The minimum atomic E-state index is -0.391. The molecule has 0 saturated carbocycles. The molecule has 2 aliphatic heterocycles. The van der Waals surface area contributed by atoms with E-state index >= 15 is 0 Å². The fraction of sp³-hybridized carbons (Fsp3) is 0.435. The molecular weight excluding hydrogens is 378 g/mol. The molecule has 154 valence electrons.